The van der Waals surface area contributed by atoms with Crippen LogP contribution in [-0.2, 0) is 11.3 Å². The van der Waals surface area contributed by atoms with Gasteiger partial charge in [0.2, 0.25) is 5.78 Å². The predicted molar refractivity (Wildman–Crippen MR) is 127 cm³/mol. The molecule has 7 heteroatoms. The van der Waals surface area contributed by atoms with Crippen molar-refractivity contribution in [3.63, 3.8) is 0 Å². The lowest BCUT2D eigenvalue weighted by atomic mass is 9.95. The Morgan fingerprint density at radius 1 is 1.09 bits per heavy atom. The first-order valence-electron chi connectivity index (χ1n) is 10.6. The lowest BCUT2D eigenvalue weighted by Gasteiger charge is -2.27. The number of ether oxygens (including phenoxy) is 2. The van der Waals surface area contributed by atoms with E-state index in [-0.39, 0.29) is 24.0 Å². The Morgan fingerprint density at radius 2 is 1.85 bits per heavy atom. The summed E-state index contributed by atoms with van der Waals surface area (Å²) in [6, 6.07) is 17.4. The zero-order chi connectivity index (χ0) is 23.5. The average molecular weight is 464 g/mol. The highest BCUT2D eigenvalue weighted by molar-refractivity contribution is 7.12. The van der Waals surface area contributed by atoms with Crippen molar-refractivity contribution in [1.29, 1.82) is 0 Å². The first-order chi connectivity index (χ1) is 15.9. The maximum Gasteiger partial charge on any atom is 0.290 e. The number of rotatable bonds is 8. The van der Waals surface area contributed by atoms with E-state index in [1.54, 1.807) is 24.6 Å². The summed E-state index contributed by atoms with van der Waals surface area (Å²) >= 11 is 1.28. The smallest absolute Gasteiger partial charge is 0.290 e. The molecule has 1 N–H and O–H groups in total. The van der Waals surface area contributed by atoms with Crippen molar-refractivity contribution in [2.75, 3.05) is 7.11 Å². The summed E-state index contributed by atoms with van der Waals surface area (Å²) in [7, 11) is 1.59. The minimum Gasteiger partial charge on any atom is -0.503 e. The molecule has 0 saturated heterocycles. The van der Waals surface area contributed by atoms with Crippen molar-refractivity contribution in [3.05, 3.63) is 93.4 Å². The van der Waals surface area contributed by atoms with Crippen LogP contribution in [0, 0.1) is 0 Å². The van der Waals surface area contributed by atoms with Gasteiger partial charge in [0.15, 0.2) is 5.76 Å². The molecule has 3 aromatic rings. The zero-order valence-electron chi connectivity index (χ0n) is 18.6. The minimum atomic E-state index is -0.745. The summed E-state index contributed by atoms with van der Waals surface area (Å²) in [5, 5.41) is 12.6. The highest BCUT2D eigenvalue weighted by atomic mass is 32.1. The largest absolute Gasteiger partial charge is 0.503 e. The van der Waals surface area contributed by atoms with E-state index >= 15 is 0 Å². The van der Waals surface area contributed by atoms with Crippen molar-refractivity contribution < 1.29 is 24.2 Å². The molecular formula is C26H25NO5S. The summed E-state index contributed by atoms with van der Waals surface area (Å²) in [6.07, 6.45) is -0.0305. The Morgan fingerprint density at radius 3 is 2.48 bits per heavy atom. The van der Waals surface area contributed by atoms with Crippen LogP contribution in [0.2, 0.25) is 0 Å². The molecular weight excluding hydrogens is 438 g/mol. The third-order valence-electron chi connectivity index (χ3n) is 5.35. The molecule has 0 fully saturated rings. The summed E-state index contributed by atoms with van der Waals surface area (Å²) in [6.45, 7) is 4.08. The third kappa shape index (κ3) is 4.64. The van der Waals surface area contributed by atoms with Crippen LogP contribution >= 0.6 is 11.3 Å². The van der Waals surface area contributed by atoms with Crippen molar-refractivity contribution in [2.24, 2.45) is 0 Å². The number of hydrogen-bond donors (Lipinski definition) is 1. The van der Waals surface area contributed by atoms with Crippen molar-refractivity contribution in [1.82, 2.24) is 4.90 Å². The van der Waals surface area contributed by atoms with Crippen LogP contribution in [0.4, 0.5) is 0 Å². The second-order valence-electron chi connectivity index (χ2n) is 7.99. The van der Waals surface area contributed by atoms with Gasteiger partial charge in [0, 0.05) is 6.54 Å². The molecule has 0 saturated carbocycles. The van der Waals surface area contributed by atoms with E-state index in [9.17, 15) is 14.7 Å². The Bertz CT molecular complexity index is 1180. The lowest BCUT2D eigenvalue weighted by Crippen LogP contribution is -2.30. The zero-order valence-corrected chi connectivity index (χ0v) is 19.5. The second-order valence-corrected chi connectivity index (χ2v) is 8.94. The molecule has 2 heterocycles. The van der Waals surface area contributed by atoms with E-state index in [0.717, 1.165) is 5.56 Å². The van der Waals surface area contributed by atoms with Gasteiger partial charge in [0.05, 0.1) is 29.7 Å². The van der Waals surface area contributed by atoms with Crippen LogP contribution in [0.5, 0.6) is 11.5 Å². The molecule has 1 aliphatic heterocycles. The Hall–Kier alpha value is -3.58. The highest BCUT2D eigenvalue weighted by Crippen LogP contribution is 2.41. The number of nitrogens with zero attached hydrogens (tertiary/aromatic N) is 1. The topological polar surface area (TPSA) is 76.1 Å². The highest BCUT2D eigenvalue weighted by Gasteiger charge is 2.44. The molecule has 0 spiro atoms. The number of carbonyl (C=O) groups excluding carboxylic acids is 2. The van der Waals surface area contributed by atoms with Gasteiger partial charge in [-0.05, 0) is 60.7 Å². The Labute approximate surface area is 196 Å². The van der Waals surface area contributed by atoms with Gasteiger partial charge in [-0.1, -0.05) is 30.3 Å². The van der Waals surface area contributed by atoms with Gasteiger partial charge in [-0.2, -0.15) is 0 Å². The normalized spacial score (nSPS) is 15.9. The minimum absolute atomic E-state index is 0.0305. The molecule has 0 radical (unpaired) electrons. The van der Waals surface area contributed by atoms with Crippen molar-refractivity contribution in [2.45, 2.75) is 32.5 Å². The van der Waals surface area contributed by atoms with E-state index in [2.05, 4.69) is 0 Å². The standard InChI is InChI=1S/C26H25NO5S/c1-16(2)32-20-7-4-6-18(14-20)23-22(24(28)21-8-5-13-33-21)25(29)26(30)27(23)15-17-9-11-19(31-3)12-10-17/h4-14,16,23,29H,15H2,1-3H3. The molecule has 4 rings (SSSR count). The van der Waals surface area contributed by atoms with Crippen LogP contribution in [-0.4, -0.2) is 34.9 Å². The summed E-state index contributed by atoms with van der Waals surface area (Å²) < 4.78 is 11.1. The number of carbonyl (C=O) groups is 2. The molecule has 1 atom stereocenters. The second kappa shape index (κ2) is 9.50. The van der Waals surface area contributed by atoms with Gasteiger partial charge in [0.1, 0.15) is 11.5 Å². The molecule has 1 unspecified atom stereocenters. The van der Waals surface area contributed by atoms with Gasteiger partial charge in [-0.15, -0.1) is 11.3 Å². The van der Waals surface area contributed by atoms with Crippen molar-refractivity contribution in [3.8, 4) is 11.5 Å². The van der Waals surface area contributed by atoms with Crippen LogP contribution in [0.15, 0.2) is 77.4 Å². The number of Topliss-reactive ketones (excluding diaryl/α,β-unsaturated/α-hetero) is 1. The molecule has 1 aliphatic rings. The van der Waals surface area contributed by atoms with Crippen LogP contribution in [0.1, 0.15) is 40.7 Å². The average Bonchev–Trinajstić information content (AvgIpc) is 3.42. The van der Waals surface area contributed by atoms with Crippen LogP contribution in [0.3, 0.4) is 0 Å². The number of ketones is 1. The van der Waals surface area contributed by atoms with E-state index in [1.165, 1.54) is 16.2 Å². The molecule has 1 aromatic heterocycles. The number of aliphatic hydroxyl groups excluding tert-OH is 1. The number of thiophene rings is 1. The third-order valence-corrected chi connectivity index (χ3v) is 6.22. The monoisotopic (exact) mass is 463 g/mol. The quantitative estimate of drug-likeness (QED) is 0.458. The molecule has 170 valence electrons. The number of amides is 1. The predicted octanol–water partition coefficient (Wildman–Crippen LogP) is 5.32. The van der Waals surface area contributed by atoms with E-state index in [0.29, 0.717) is 21.9 Å². The summed E-state index contributed by atoms with van der Waals surface area (Å²) in [5.41, 5.74) is 1.62. The van der Waals surface area contributed by atoms with Gasteiger partial charge in [-0.3, -0.25) is 9.59 Å². The maximum absolute atomic E-state index is 13.4. The molecule has 0 bridgehead atoms. The SMILES string of the molecule is COc1ccc(CN2C(=O)C(O)=C(C(=O)c3cccs3)C2c2cccc(OC(C)C)c2)cc1. The number of hydrogen-bond acceptors (Lipinski definition) is 6. The first kappa shape index (κ1) is 22.6. The van der Waals surface area contributed by atoms with Crippen LogP contribution < -0.4 is 9.47 Å². The van der Waals surface area contributed by atoms with E-state index in [4.69, 9.17) is 9.47 Å². The fraction of sp³-hybridized carbons (Fsp3) is 0.231. The van der Waals surface area contributed by atoms with E-state index < -0.39 is 17.7 Å². The number of benzene rings is 2. The number of methoxy groups -OCH3 is 1. The Balaban J connectivity index is 1.77. The summed E-state index contributed by atoms with van der Waals surface area (Å²) in [4.78, 5) is 28.5. The molecule has 6 nitrogen and oxygen atoms in total. The fourth-order valence-corrected chi connectivity index (χ4v) is 4.57. The van der Waals surface area contributed by atoms with Gasteiger partial charge in [0.25, 0.3) is 5.91 Å². The first-order valence-corrected chi connectivity index (χ1v) is 11.5. The maximum atomic E-state index is 13.4. The molecule has 2 aromatic carbocycles. The Kier molecular flexibility index (Phi) is 6.51. The van der Waals surface area contributed by atoms with Gasteiger partial charge >= 0.3 is 0 Å². The fourth-order valence-electron chi connectivity index (χ4n) is 3.89. The van der Waals surface area contributed by atoms with Gasteiger partial charge in [-0.25, -0.2) is 0 Å². The lowest BCUT2D eigenvalue weighted by molar-refractivity contribution is -0.130. The molecule has 33 heavy (non-hydrogen) atoms. The summed E-state index contributed by atoms with van der Waals surface area (Å²) in [5.74, 6) is -0.106. The van der Waals surface area contributed by atoms with Crippen LogP contribution in [0.25, 0.3) is 0 Å². The number of aliphatic hydroxyl groups is 1. The molecule has 0 aliphatic carbocycles. The van der Waals surface area contributed by atoms with E-state index in [1.807, 2.05) is 62.4 Å². The molecule has 1 amide bonds. The van der Waals surface area contributed by atoms with Gasteiger partial charge < -0.3 is 19.5 Å². The van der Waals surface area contributed by atoms with Crippen molar-refractivity contribution >= 4 is 23.0 Å².